The summed E-state index contributed by atoms with van der Waals surface area (Å²) >= 11 is 0. The van der Waals surface area contributed by atoms with E-state index in [1.165, 1.54) is 24.3 Å². The van der Waals surface area contributed by atoms with Crippen molar-refractivity contribution in [1.82, 2.24) is 4.98 Å². The molecule has 0 saturated carbocycles. The first kappa shape index (κ1) is 18.3. The van der Waals surface area contributed by atoms with E-state index in [0.717, 1.165) is 12.1 Å². The summed E-state index contributed by atoms with van der Waals surface area (Å²) in [6.07, 6.45) is -3.49. The maximum atomic E-state index is 12.3. The molecule has 0 radical (unpaired) electrons. The largest absolute Gasteiger partial charge is 0.508 e. The van der Waals surface area contributed by atoms with E-state index >= 15 is 0 Å². The predicted molar refractivity (Wildman–Crippen MR) is 75.3 cm³/mol. The Hall–Kier alpha value is -2.77. The predicted octanol–water partition coefficient (Wildman–Crippen LogP) is 4.08. The normalized spacial score (nSPS) is 10.4. The van der Waals surface area contributed by atoms with Crippen molar-refractivity contribution in [3.05, 3.63) is 48.2 Å². The number of nitrogens with zero attached hydrogens (tertiary/aromatic N) is 1. The first-order valence-electron chi connectivity index (χ1n) is 6.44. The maximum Gasteiger partial charge on any atom is 0.417 e. The van der Waals surface area contributed by atoms with Crippen LogP contribution < -0.4 is 4.74 Å². The number of aromatic nitrogens is 1. The molecule has 1 aromatic heterocycles. The van der Waals surface area contributed by atoms with Crippen LogP contribution in [0.1, 0.15) is 18.9 Å². The van der Waals surface area contributed by atoms with Gasteiger partial charge in [-0.15, -0.1) is 0 Å². The van der Waals surface area contributed by atoms with Gasteiger partial charge < -0.3 is 14.9 Å². The molecule has 0 amide bonds. The second kappa shape index (κ2) is 8.02. The molecule has 0 spiro atoms. The smallest absolute Gasteiger partial charge is 0.417 e. The van der Waals surface area contributed by atoms with Gasteiger partial charge in [0.25, 0.3) is 0 Å². The summed E-state index contributed by atoms with van der Waals surface area (Å²) in [7, 11) is 0. The van der Waals surface area contributed by atoms with E-state index < -0.39 is 17.7 Å². The van der Waals surface area contributed by atoms with E-state index in [2.05, 4.69) is 4.98 Å². The second-order valence-electron chi connectivity index (χ2n) is 4.23. The van der Waals surface area contributed by atoms with Crippen LogP contribution in [-0.4, -0.2) is 21.2 Å². The number of rotatable bonds is 3. The lowest BCUT2D eigenvalue weighted by atomic mass is 10.3. The van der Waals surface area contributed by atoms with Crippen LogP contribution in [0.2, 0.25) is 0 Å². The molecule has 124 valence electrons. The molecule has 0 aliphatic heterocycles. The molecule has 0 aliphatic carbocycles. The topological polar surface area (TPSA) is 79.7 Å². The van der Waals surface area contributed by atoms with Gasteiger partial charge in [0, 0.05) is 18.7 Å². The van der Waals surface area contributed by atoms with Crippen LogP contribution >= 0.6 is 0 Å². The number of carboxylic acids is 1. The summed E-state index contributed by atoms with van der Waals surface area (Å²) in [5.41, 5.74) is -0.833. The molecule has 5 nitrogen and oxygen atoms in total. The van der Waals surface area contributed by atoms with Gasteiger partial charge in [-0.2, -0.15) is 13.2 Å². The minimum absolute atomic E-state index is 0.0497. The number of carbonyl (C=O) groups is 1. The number of hydrogen-bond donors (Lipinski definition) is 2. The van der Waals surface area contributed by atoms with Crippen LogP contribution in [-0.2, 0) is 11.0 Å². The summed E-state index contributed by atoms with van der Waals surface area (Å²) in [5.74, 6) is -0.249. The van der Waals surface area contributed by atoms with Crippen molar-refractivity contribution in [2.45, 2.75) is 19.5 Å². The van der Waals surface area contributed by atoms with E-state index in [1.54, 1.807) is 6.92 Å². The molecule has 0 aliphatic rings. The number of aliphatic carboxylic acids is 1. The van der Waals surface area contributed by atoms with Crippen molar-refractivity contribution >= 4 is 5.97 Å². The van der Waals surface area contributed by atoms with Crippen molar-refractivity contribution in [1.29, 1.82) is 0 Å². The molecule has 0 atom stereocenters. The van der Waals surface area contributed by atoms with Crippen LogP contribution in [0.3, 0.4) is 0 Å². The van der Waals surface area contributed by atoms with E-state index in [-0.39, 0.29) is 18.1 Å². The van der Waals surface area contributed by atoms with Crippen LogP contribution in [0, 0.1) is 0 Å². The number of benzene rings is 1. The minimum atomic E-state index is -4.41. The van der Waals surface area contributed by atoms with Crippen molar-refractivity contribution in [3.8, 4) is 17.4 Å². The third-order valence-corrected chi connectivity index (χ3v) is 2.43. The third-order valence-electron chi connectivity index (χ3n) is 2.43. The lowest BCUT2D eigenvalue weighted by molar-refractivity contribution is -0.138. The van der Waals surface area contributed by atoms with E-state index in [4.69, 9.17) is 14.9 Å². The zero-order chi connectivity index (χ0) is 17.5. The SMILES string of the molecule is CCC(=O)O.Oc1ccc(Oc2ccc(C(F)(F)F)cn2)cc1. The fourth-order valence-corrected chi connectivity index (χ4v) is 1.24. The number of alkyl halides is 3. The lowest BCUT2D eigenvalue weighted by Gasteiger charge is -2.07. The molecule has 0 saturated heterocycles. The van der Waals surface area contributed by atoms with Crippen LogP contribution in [0.4, 0.5) is 13.2 Å². The highest BCUT2D eigenvalue weighted by Crippen LogP contribution is 2.30. The highest BCUT2D eigenvalue weighted by molar-refractivity contribution is 5.66. The Kier molecular flexibility index (Phi) is 6.37. The summed E-state index contributed by atoms with van der Waals surface area (Å²) < 4.78 is 42.1. The average molecular weight is 329 g/mol. The Bertz CT molecular complexity index is 625. The third kappa shape index (κ3) is 6.68. The van der Waals surface area contributed by atoms with Crippen LogP contribution in [0.5, 0.6) is 17.4 Å². The van der Waals surface area contributed by atoms with E-state index in [9.17, 15) is 18.0 Å². The molecule has 0 bridgehead atoms. The van der Waals surface area contributed by atoms with Crippen molar-refractivity contribution in [3.63, 3.8) is 0 Å². The number of aromatic hydroxyl groups is 1. The molecule has 0 unspecified atom stereocenters. The highest BCUT2D eigenvalue weighted by atomic mass is 19.4. The zero-order valence-corrected chi connectivity index (χ0v) is 12.0. The van der Waals surface area contributed by atoms with Gasteiger partial charge in [-0.1, -0.05) is 6.92 Å². The zero-order valence-electron chi connectivity index (χ0n) is 12.0. The van der Waals surface area contributed by atoms with Gasteiger partial charge >= 0.3 is 12.1 Å². The van der Waals surface area contributed by atoms with Crippen molar-refractivity contribution in [2.24, 2.45) is 0 Å². The van der Waals surface area contributed by atoms with Crippen molar-refractivity contribution in [2.75, 3.05) is 0 Å². The number of phenolic OH excluding ortho intramolecular Hbond substituents is 1. The Morgan fingerprint density at radius 3 is 2.13 bits per heavy atom. The van der Waals surface area contributed by atoms with Gasteiger partial charge in [0.15, 0.2) is 0 Å². The lowest BCUT2D eigenvalue weighted by Crippen LogP contribution is -2.05. The molecule has 23 heavy (non-hydrogen) atoms. The fourth-order valence-electron chi connectivity index (χ4n) is 1.24. The number of ether oxygens (including phenoxy) is 1. The number of phenols is 1. The van der Waals surface area contributed by atoms with Gasteiger partial charge in [-0.05, 0) is 30.3 Å². The van der Waals surface area contributed by atoms with E-state index in [0.29, 0.717) is 11.9 Å². The molecule has 1 heterocycles. The molecule has 2 rings (SSSR count). The standard InChI is InChI=1S/C12H8F3NO2.C3H6O2/c13-12(14,15)8-1-6-11(16-7-8)18-10-4-2-9(17)3-5-10;1-2-3(4)5/h1-7,17H;2H2,1H3,(H,4,5). The second-order valence-corrected chi connectivity index (χ2v) is 4.23. The number of carboxylic acid groups (broad SMARTS) is 1. The molecule has 8 heteroatoms. The molecule has 2 aromatic rings. The first-order chi connectivity index (χ1) is 10.7. The number of halogens is 3. The summed E-state index contributed by atoms with van der Waals surface area (Å²) in [6, 6.07) is 7.79. The molecule has 1 aromatic carbocycles. The van der Waals surface area contributed by atoms with Gasteiger partial charge in [0.1, 0.15) is 11.5 Å². The van der Waals surface area contributed by atoms with Gasteiger partial charge in [-0.3, -0.25) is 4.79 Å². The van der Waals surface area contributed by atoms with Crippen molar-refractivity contribution < 1.29 is 32.9 Å². The maximum absolute atomic E-state index is 12.3. The fraction of sp³-hybridized carbons (Fsp3) is 0.200. The minimum Gasteiger partial charge on any atom is -0.508 e. The average Bonchev–Trinajstić information content (AvgIpc) is 2.50. The monoisotopic (exact) mass is 329 g/mol. The van der Waals surface area contributed by atoms with Crippen LogP contribution in [0.25, 0.3) is 0 Å². The van der Waals surface area contributed by atoms with Gasteiger partial charge in [0.05, 0.1) is 5.56 Å². The Morgan fingerprint density at radius 1 is 1.17 bits per heavy atom. The van der Waals surface area contributed by atoms with Gasteiger partial charge in [-0.25, -0.2) is 4.98 Å². The molecular formula is C15H14F3NO4. The van der Waals surface area contributed by atoms with E-state index in [1.807, 2.05) is 0 Å². The highest BCUT2D eigenvalue weighted by Gasteiger charge is 2.30. The molecular weight excluding hydrogens is 315 g/mol. The summed E-state index contributed by atoms with van der Waals surface area (Å²) in [6.45, 7) is 1.60. The van der Waals surface area contributed by atoms with Crippen LogP contribution in [0.15, 0.2) is 42.6 Å². The molecule has 0 fully saturated rings. The Balaban J connectivity index is 0.000000463. The Labute approximate surface area is 130 Å². The first-order valence-corrected chi connectivity index (χ1v) is 6.44. The summed E-state index contributed by atoms with van der Waals surface area (Å²) in [5, 5.41) is 16.8. The molecule has 2 N–H and O–H groups in total. The van der Waals surface area contributed by atoms with Gasteiger partial charge in [0.2, 0.25) is 5.88 Å². The quantitative estimate of drug-likeness (QED) is 0.887. The summed E-state index contributed by atoms with van der Waals surface area (Å²) in [4.78, 5) is 12.9. The number of pyridine rings is 1. The Morgan fingerprint density at radius 2 is 1.74 bits per heavy atom. The number of hydrogen-bond acceptors (Lipinski definition) is 4.